The number of likely N-dealkylation sites (tertiary alicyclic amines) is 1. The lowest BCUT2D eigenvalue weighted by molar-refractivity contribution is -0.153. The smallest absolute Gasteiger partial charge is 0.0997 e. The Bertz CT molecular complexity index is 225. The van der Waals surface area contributed by atoms with Crippen LogP contribution >= 0.6 is 0 Å². The van der Waals surface area contributed by atoms with Crippen LogP contribution in [0, 0.1) is 11.8 Å². The monoisotopic (exact) mass is 229 g/mol. The Labute approximate surface area is 97.5 Å². The van der Waals surface area contributed by atoms with Gasteiger partial charge < -0.3 is 14.6 Å². The minimum absolute atomic E-state index is 0.0956. The predicted molar refractivity (Wildman–Crippen MR) is 61.1 cm³/mol. The average molecular weight is 229 g/mol. The van der Waals surface area contributed by atoms with Crippen molar-refractivity contribution in [3.05, 3.63) is 0 Å². The molecule has 0 spiro atoms. The van der Waals surface area contributed by atoms with Gasteiger partial charge in [-0.1, -0.05) is 0 Å². The van der Waals surface area contributed by atoms with E-state index in [4.69, 9.17) is 9.47 Å². The molecule has 2 atom stereocenters. The van der Waals surface area contributed by atoms with Gasteiger partial charge in [-0.05, 0) is 20.8 Å². The molecule has 0 radical (unpaired) electrons. The Morgan fingerprint density at radius 1 is 1.25 bits per heavy atom. The number of fused-ring (bicyclic) bond motifs is 2. The Morgan fingerprint density at radius 3 is 2.31 bits per heavy atom. The molecule has 2 aliphatic rings. The minimum atomic E-state index is -0.181. The molecule has 0 aromatic heterocycles. The van der Waals surface area contributed by atoms with Gasteiger partial charge in [0, 0.05) is 24.9 Å². The fourth-order valence-corrected chi connectivity index (χ4v) is 2.40. The van der Waals surface area contributed by atoms with Gasteiger partial charge in [-0.15, -0.1) is 0 Å². The maximum Gasteiger partial charge on any atom is 0.0997 e. The summed E-state index contributed by atoms with van der Waals surface area (Å²) in [4.78, 5) is 2.29. The van der Waals surface area contributed by atoms with Gasteiger partial charge in [0.2, 0.25) is 0 Å². The number of hydrogen-bond donors (Lipinski definition) is 1. The summed E-state index contributed by atoms with van der Waals surface area (Å²) < 4.78 is 11.2. The lowest BCUT2D eigenvalue weighted by Crippen LogP contribution is -2.56. The summed E-state index contributed by atoms with van der Waals surface area (Å²) in [5.74, 6) is 0.520. The van der Waals surface area contributed by atoms with Gasteiger partial charge in [-0.25, -0.2) is 0 Å². The van der Waals surface area contributed by atoms with Crippen molar-refractivity contribution >= 4 is 0 Å². The molecule has 0 saturated carbocycles. The molecule has 2 unspecified atom stereocenters. The molecule has 0 amide bonds. The maximum absolute atomic E-state index is 9.99. The Balaban J connectivity index is 1.85. The molecular weight excluding hydrogens is 206 g/mol. The van der Waals surface area contributed by atoms with Crippen molar-refractivity contribution in [1.82, 2.24) is 4.90 Å². The summed E-state index contributed by atoms with van der Waals surface area (Å²) in [5, 5.41) is 9.99. The number of rotatable bonds is 2. The molecule has 2 bridgehead atoms. The van der Waals surface area contributed by atoms with E-state index in [1.54, 1.807) is 0 Å². The van der Waals surface area contributed by atoms with E-state index >= 15 is 0 Å². The van der Waals surface area contributed by atoms with Crippen LogP contribution in [-0.4, -0.2) is 54.7 Å². The van der Waals surface area contributed by atoms with Gasteiger partial charge in [0.15, 0.2) is 0 Å². The van der Waals surface area contributed by atoms with Crippen LogP contribution in [0.25, 0.3) is 0 Å². The molecule has 2 fully saturated rings. The summed E-state index contributed by atoms with van der Waals surface area (Å²) >= 11 is 0. The third-order valence-electron chi connectivity index (χ3n) is 3.30. The topological polar surface area (TPSA) is 41.9 Å². The molecule has 94 valence electrons. The van der Waals surface area contributed by atoms with E-state index in [1.807, 2.05) is 0 Å². The SMILES string of the molecule is CC(C)(C)OCN1CC2COCC(C1)C2O. The number of aliphatic hydroxyl groups is 1. The van der Waals surface area contributed by atoms with E-state index in [-0.39, 0.29) is 23.5 Å². The van der Waals surface area contributed by atoms with E-state index in [9.17, 15) is 5.11 Å². The average Bonchev–Trinajstić information content (AvgIpc) is 2.14. The molecule has 4 heteroatoms. The standard InChI is InChI=1S/C12H23NO3/c1-12(2,3)16-8-13-4-9-6-15-7-10(5-13)11(9)14/h9-11,14H,4-8H2,1-3H3. The van der Waals surface area contributed by atoms with Crippen LogP contribution in [0.3, 0.4) is 0 Å². The molecule has 4 nitrogen and oxygen atoms in total. The highest BCUT2D eigenvalue weighted by atomic mass is 16.5. The van der Waals surface area contributed by atoms with Gasteiger partial charge in [-0.3, -0.25) is 4.90 Å². The Kier molecular flexibility index (Phi) is 3.54. The number of ether oxygens (including phenoxy) is 2. The quantitative estimate of drug-likeness (QED) is 0.757. The number of hydrogen-bond acceptors (Lipinski definition) is 4. The fourth-order valence-electron chi connectivity index (χ4n) is 2.40. The van der Waals surface area contributed by atoms with E-state index < -0.39 is 0 Å². The fraction of sp³-hybridized carbons (Fsp3) is 1.00. The van der Waals surface area contributed by atoms with Crippen molar-refractivity contribution in [2.75, 3.05) is 33.0 Å². The molecule has 2 aliphatic heterocycles. The summed E-state index contributed by atoms with van der Waals surface area (Å²) in [6.07, 6.45) is -0.181. The van der Waals surface area contributed by atoms with Crippen molar-refractivity contribution in [3.63, 3.8) is 0 Å². The highest BCUT2D eigenvalue weighted by Gasteiger charge is 2.39. The molecular formula is C12H23NO3. The minimum Gasteiger partial charge on any atom is -0.392 e. The summed E-state index contributed by atoms with van der Waals surface area (Å²) in [6, 6.07) is 0. The normalized spacial score (nSPS) is 36.4. The Morgan fingerprint density at radius 2 is 1.81 bits per heavy atom. The molecule has 2 rings (SSSR count). The van der Waals surface area contributed by atoms with Crippen LogP contribution in [0.4, 0.5) is 0 Å². The van der Waals surface area contributed by atoms with Crippen molar-refractivity contribution < 1.29 is 14.6 Å². The third kappa shape index (κ3) is 2.94. The zero-order valence-electron chi connectivity index (χ0n) is 10.5. The zero-order valence-corrected chi connectivity index (χ0v) is 10.5. The molecule has 1 N–H and O–H groups in total. The van der Waals surface area contributed by atoms with Crippen LogP contribution < -0.4 is 0 Å². The van der Waals surface area contributed by atoms with E-state index in [0.717, 1.165) is 13.1 Å². The van der Waals surface area contributed by atoms with Crippen molar-refractivity contribution in [2.24, 2.45) is 11.8 Å². The van der Waals surface area contributed by atoms with Crippen molar-refractivity contribution in [1.29, 1.82) is 0 Å². The van der Waals surface area contributed by atoms with Crippen LogP contribution in [0.15, 0.2) is 0 Å². The zero-order chi connectivity index (χ0) is 11.8. The first-order chi connectivity index (χ1) is 7.46. The van der Waals surface area contributed by atoms with Gasteiger partial charge >= 0.3 is 0 Å². The molecule has 16 heavy (non-hydrogen) atoms. The van der Waals surface area contributed by atoms with Gasteiger partial charge in [0.25, 0.3) is 0 Å². The Hall–Kier alpha value is -0.160. The molecule has 0 aromatic carbocycles. The highest BCUT2D eigenvalue weighted by Crippen LogP contribution is 2.27. The first-order valence-corrected chi connectivity index (χ1v) is 6.08. The van der Waals surface area contributed by atoms with Gasteiger partial charge in [0.05, 0.1) is 31.6 Å². The summed E-state index contributed by atoms with van der Waals surface area (Å²) in [5.41, 5.74) is -0.0956. The van der Waals surface area contributed by atoms with E-state index in [2.05, 4.69) is 25.7 Å². The maximum atomic E-state index is 9.99. The van der Waals surface area contributed by atoms with Gasteiger partial charge in [-0.2, -0.15) is 0 Å². The molecule has 2 heterocycles. The van der Waals surface area contributed by atoms with E-state index in [1.165, 1.54) is 0 Å². The second kappa shape index (κ2) is 4.61. The highest BCUT2D eigenvalue weighted by molar-refractivity contribution is 4.88. The second-order valence-corrected chi connectivity index (χ2v) is 5.97. The lowest BCUT2D eigenvalue weighted by Gasteiger charge is -2.45. The first-order valence-electron chi connectivity index (χ1n) is 6.08. The second-order valence-electron chi connectivity index (χ2n) is 5.97. The van der Waals surface area contributed by atoms with Crippen LogP contribution in [0.2, 0.25) is 0 Å². The van der Waals surface area contributed by atoms with Crippen molar-refractivity contribution in [3.8, 4) is 0 Å². The third-order valence-corrected chi connectivity index (χ3v) is 3.30. The van der Waals surface area contributed by atoms with Gasteiger partial charge in [0.1, 0.15) is 0 Å². The number of piperidine rings is 1. The number of nitrogens with zero attached hydrogens (tertiary/aromatic N) is 1. The number of aliphatic hydroxyl groups excluding tert-OH is 1. The van der Waals surface area contributed by atoms with Crippen LogP contribution in [0.5, 0.6) is 0 Å². The lowest BCUT2D eigenvalue weighted by atomic mass is 9.85. The first kappa shape index (κ1) is 12.3. The predicted octanol–water partition coefficient (Wildman–Crippen LogP) is 0.698. The van der Waals surface area contributed by atoms with Crippen LogP contribution in [-0.2, 0) is 9.47 Å². The van der Waals surface area contributed by atoms with Crippen LogP contribution in [0.1, 0.15) is 20.8 Å². The van der Waals surface area contributed by atoms with Crippen molar-refractivity contribution in [2.45, 2.75) is 32.5 Å². The summed E-state index contributed by atoms with van der Waals surface area (Å²) in [6.45, 7) is 9.99. The molecule has 0 aromatic rings. The molecule has 2 saturated heterocycles. The molecule has 0 aliphatic carbocycles. The van der Waals surface area contributed by atoms with E-state index in [0.29, 0.717) is 19.9 Å². The largest absolute Gasteiger partial charge is 0.392 e. The summed E-state index contributed by atoms with van der Waals surface area (Å²) in [7, 11) is 0.